The molecule has 0 saturated heterocycles. The second-order valence-electron chi connectivity index (χ2n) is 5.26. The first-order chi connectivity index (χ1) is 7.36. The zero-order valence-corrected chi connectivity index (χ0v) is 11.9. The van der Waals surface area contributed by atoms with Crippen molar-refractivity contribution in [1.82, 2.24) is 0 Å². The lowest BCUT2D eigenvalue weighted by Crippen LogP contribution is -2.19. The van der Waals surface area contributed by atoms with E-state index in [1.165, 1.54) is 0 Å². The number of rotatable bonds is 3. The minimum atomic E-state index is -1.20. The Bertz CT molecular complexity index is 378. The van der Waals surface area contributed by atoms with Crippen LogP contribution < -0.4 is 4.43 Å². The molecule has 0 spiro atoms. The van der Waals surface area contributed by atoms with Crippen molar-refractivity contribution >= 4 is 15.3 Å². The highest BCUT2D eigenvalue weighted by atomic mass is 28.3. The summed E-state index contributed by atoms with van der Waals surface area (Å²) in [6, 6.07) is 5.77. The molecule has 1 aromatic rings. The van der Waals surface area contributed by atoms with Gasteiger partial charge in [0.15, 0.2) is 6.29 Å². The zero-order chi connectivity index (χ0) is 12.3. The first kappa shape index (κ1) is 13.0. The minimum Gasteiger partial charge on any atom is -0.546 e. The van der Waals surface area contributed by atoms with Crippen molar-refractivity contribution in [2.24, 2.45) is 0 Å². The maximum absolute atomic E-state index is 11.0. The highest BCUT2D eigenvalue weighted by Crippen LogP contribution is 2.33. The van der Waals surface area contributed by atoms with Crippen LogP contribution in [-0.2, 0) is 5.41 Å². The number of para-hydroxylation sites is 1. The third kappa shape index (κ3) is 2.95. The third-order valence-corrected chi connectivity index (χ3v) is 3.04. The smallest absolute Gasteiger partial charge is 0.229 e. The van der Waals surface area contributed by atoms with Gasteiger partial charge in [-0.1, -0.05) is 32.9 Å². The van der Waals surface area contributed by atoms with Crippen LogP contribution in [-0.4, -0.2) is 15.3 Å². The molecule has 0 atom stereocenters. The fraction of sp³-hybridized carbons (Fsp3) is 0.462. The van der Waals surface area contributed by atoms with Crippen LogP contribution in [0.1, 0.15) is 36.7 Å². The monoisotopic (exact) mass is 236 g/mol. The van der Waals surface area contributed by atoms with Crippen LogP contribution in [0.15, 0.2) is 18.2 Å². The molecule has 1 rings (SSSR count). The van der Waals surface area contributed by atoms with Crippen molar-refractivity contribution < 1.29 is 9.22 Å². The van der Waals surface area contributed by atoms with Gasteiger partial charge in [0.05, 0.1) is 5.56 Å². The SMILES string of the molecule is C[SiH](C)Oc1c(C=O)cccc1C(C)(C)C. The second kappa shape index (κ2) is 4.83. The Hall–Kier alpha value is -1.09. The molecule has 0 aromatic heterocycles. The molecule has 0 heterocycles. The van der Waals surface area contributed by atoms with Gasteiger partial charge < -0.3 is 4.43 Å². The lowest BCUT2D eigenvalue weighted by Gasteiger charge is -2.25. The Morgan fingerprint density at radius 2 is 1.88 bits per heavy atom. The van der Waals surface area contributed by atoms with E-state index in [1.807, 2.05) is 18.2 Å². The number of carbonyl (C=O) groups is 1. The first-order valence-corrected chi connectivity index (χ1v) is 8.39. The van der Waals surface area contributed by atoms with Crippen LogP contribution in [0.5, 0.6) is 5.75 Å². The standard InChI is InChI=1S/C13H20O2Si/c1-13(2,3)11-8-6-7-10(9-14)12(11)15-16(4)5/h6-9,16H,1-5H3. The molecule has 0 aliphatic carbocycles. The average Bonchev–Trinajstić information content (AvgIpc) is 2.15. The molecule has 0 N–H and O–H groups in total. The molecule has 0 unspecified atom stereocenters. The number of hydrogen-bond acceptors (Lipinski definition) is 2. The molecule has 0 saturated carbocycles. The van der Waals surface area contributed by atoms with E-state index in [1.54, 1.807) is 0 Å². The van der Waals surface area contributed by atoms with Crippen LogP contribution in [0, 0.1) is 0 Å². The van der Waals surface area contributed by atoms with E-state index in [0.29, 0.717) is 5.56 Å². The number of hydrogen-bond donors (Lipinski definition) is 0. The Morgan fingerprint density at radius 3 is 2.31 bits per heavy atom. The molecule has 1 aromatic carbocycles. The van der Waals surface area contributed by atoms with Gasteiger partial charge in [0, 0.05) is 0 Å². The lowest BCUT2D eigenvalue weighted by molar-refractivity contribution is 0.112. The predicted molar refractivity (Wildman–Crippen MR) is 70.0 cm³/mol. The minimum absolute atomic E-state index is 0.00234. The lowest BCUT2D eigenvalue weighted by atomic mass is 9.85. The fourth-order valence-corrected chi connectivity index (χ4v) is 2.34. The van der Waals surface area contributed by atoms with Crippen molar-refractivity contribution in [3.8, 4) is 5.75 Å². The number of carbonyl (C=O) groups excluding carboxylic acids is 1. The van der Waals surface area contributed by atoms with Crippen molar-refractivity contribution in [2.45, 2.75) is 39.3 Å². The molecular weight excluding hydrogens is 216 g/mol. The van der Waals surface area contributed by atoms with E-state index in [2.05, 4.69) is 33.9 Å². The van der Waals surface area contributed by atoms with E-state index in [4.69, 9.17) is 4.43 Å². The predicted octanol–water partition coefficient (Wildman–Crippen LogP) is 3.16. The molecule has 88 valence electrons. The van der Waals surface area contributed by atoms with Gasteiger partial charge in [-0.05, 0) is 30.1 Å². The molecule has 2 nitrogen and oxygen atoms in total. The van der Waals surface area contributed by atoms with E-state index in [9.17, 15) is 4.79 Å². The van der Waals surface area contributed by atoms with Crippen LogP contribution >= 0.6 is 0 Å². The Kier molecular flexibility index (Phi) is 3.91. The van der Waals surface area contributed by atoms with Crippen molar-refractivity contribution in [3.05, 3.63) is 29.3 Å². The maximum Gasteiger partial charge on any atom is 0.229 e. The number of aldehydes is 1. The molecule has 0 bridgehead atoms. The maximum atomic E-state index is 11.0. The summed E-state index contributed by atoms with van der Waals surface area (Å²) >= 11 is 0. The third-order valence-electron chi connectivity index (χ3n) is 2.33. The molecule has 0 radical (unpaired) electrons. The summed E-state index contributed by atoms with van der Waals surface area (Å²) in [5.74, 6) is 0.784. The summed E-state index contributed by atoms with van der Waals surface area (Å²) in [6.07, 6.45) is 0.876. The molecule has 0 aliphatic heterocycles. The summed E-state index contributed by atoms with van der Waals surface area (Å²) in [5, 5.41) is 0. The zero-order valence-electron chi connectivity index (χ0n) is 10.7. The van der Waals surface area contributed by atoms with Crippen LogP contribution in [0.4, 0.5) is 0 Å². The van der Waals surface area contributed by atoms with E-state index >= 15 is 0 Å². The van der Waals surface area contributed by atoms with Crippen LogP contribution in [0.25, 0.3) is 0 Å². The summed E-state index contributed by atoms with van der Waals surface area (Å²) < 4.78 is 5.90. The van der Waals surface area contributed by atoms with E-state index in [0.717, 1.165) is 17.6 Å². The Balaban J connectivity index is 3.31. The summed E-state index contributed by atoms with van der Waals surface area (Å²) in [5.41, 5.74) is 1.77. The molecule has 16 heavy (non-hydrogen) atoms. The molecule has 0 aliphatic rings. The van der Waals surface area contributed by atoms with Gasteiger partial charge >= 0.3 is 0 Å². The Labute approximate surface area is 99.4 Å². The highest BCUT2D eigenvalue weighted by molar-refractivity contribution is 6.49. The van der Waals surface area contributed by atoms with Crippen LogP contribution in [0.2, 0.25) is 13.1 Å². The van der Waals surface area contributed by atoms with E-state index in [-0.39, 0.29) is 5.41 Å². The summed E-state index contributed by atoms with van der Waals surface area (Å²) in [4.78, 5) is 11.0. The topological polar surface area (TPSA) is 26.3 Å². The number of benzene rings is 1. The van der Waals surface area contributed by atoms with Gasteiger partial charge in [-0.3, -0.25) is 4.79 Å². The van der Waals surface area contributed by atoms with Gasteiger partial charge in [0.25, 0.3) is 0 Å². The summed E-state index contributed by atoms with van der Waals surface area (Å²) in [6.45, 7) is 10.6. The van der Waals surface area contributed by atoms with Crippen molar-refractivity contribution in [1.29, 1.82) is 0 Å². The quantitative estimate of drug-likeness (QED) is 0.595. The average molecular weight is 236 g/mol. The molecule has 0 fully saturated rings. The van der Waals surface area contributed by atoms with Gasteiger partial charge in [-0.25, -0.2) is 0 Å². The normalized spacial score (nSPS) is 11.6. The highest BCUT2D eigenvalue weighted by Gasteiger charge is 2.21. The van der Waals surface area contributed by atoms with Crippen LogP contribution in [0.3, 0.4) is 0 Å². The van der Waals surface area contributed by atoms with Crippen molar-refractivity contribution in [2.75, 3.05) is 0 Å². The van der Waals surface area contributed by atoms with Crippen molar-refractivity contribution in [3.63, 3.8) is 0 Å². The van der Waals surface area contributed by atoms with Gasteiger partial charge in [0.2, 0.25) is 9.04 Å². The Morgan fingerprint density at radius 1 is 1.25 bits per heavy atom. The van der Waals surface area contributed by atoms with Gasteiger partial charge in [-0.2, -0.15) is 0 Å². The fourth-order valence-electron chi connectivity index (χ4n) is 1.61. The van der Waals surface area contributed by atoms with Gasteiger partial charge in [-0.15, -0.1) is 0 Å². The van der Waals surface area contributed by atoms with Gasteiger partial charge in [0.1, 0.15) is 5.75 Å². The summed E-state index contributed by atoms with van der Waals surface area (Å²) in [7, 11) is -1.20. The molecule has 0 amide bonds. The second-order valence-corrected chi connectivity index (χ2v) is 7.59. The largest absolute Gasteiger partial charge is 0.546 e. The molecule has 3 heteroatoms. The van der Waals surface area contributed by atoms with E-state index < -0.39 is 9.04 Å². The molecular formula is C13H20O2Si. The first-order valence-electron chi connectivity index (χ1n) is 5.61.